The molecule has 3 nitrogen and oxygen atoms in total. The maximum atomic E-state index is 12.1. The normalized spacial score (nSPS) is 10.6. The van der Waals surface area contributed by atoms with Crippen molar-refractivity contribution in [3.05, 3.63) is 16.7 Å². The van der Waals surface area contributed by atoms with E-state index in [-0.39, 0.29) is 6.54 Å². The predicted octanol–water partition coefficient (Wildman–Crippen LogP) is 2.13. The van der Waals surface area contributed by atoms with Crippen LogP contribution in [-0.2, 0) is 0 Å². The van der Waals surface area contributed by atoms with E-state index in [2.05, 4.69) is 20.9 Å². The molecule has 1 aromatic heterocycles. The lowest BCUT2D eigenvalue weighted by Crippen LogP contribution is -2.25. The van der Waals surface area contributed by atoms with Gasteiger partial charge in [-0.2, -0.15) is 0 Å². The molecule has 6 heteroatoms. The van der Waals surface area contributed by atoms with E-state index in [1.807, 2.05) is 0 Å². The van der Waals surface area contributed by atoms with E-state index in [4.69, 9.17) is 5.73 Å². The quantitative estimate of drug-likeness (QED) is 0.911. The van der Waals surface area contributed by atoms with Gasteiger partial charge in [-0.25, -0.2) is 13.8 Å². The molecule has 78 valence electrons. The molecule has 0 aliphatic rings. The van der Waals surface area contributed by atoms with Crippen molar-refractivity contribution in [3.63, 3.8) is 0 Å². The predicted molar refractivity (Wildman–Crippen MR) is 55.6 cm³/mol. The van der Waals surface area contributed by atoms with Crippen molar-refractivity contribution in [1.82, 2.24) is 4.98 Å². The van der Waals surface area contributed by atoms with Crippen molar-refractivity contribution in [1.29, 1.82) is 0 Å². The van der Waals surface area contributed by atoms with Crippen molar-refractivity contribution in [2.24, 2.45) is 0 Å². The van der Waals surface area contributed by atoms with E-state index in [0.29, 0.717) is 11.5 Å². The van der Waals surface area contributed by atoms with Gasteiger partial charge in [0.05, 0.1) is 12.2 Å². The summed E-state index contributed by atoms with van der Waals surface area (Å²) in [5.41, 5.74) is 6.00. The summed E-state index contributed by atoms with van der Waals surface area (Å²) in [6.45, 7) is -0.376. The smallest absolute Gasteiger partial charge is 0.255 e. The minimum absolute atomic E-state index is 0.369. The van der Waals surface area contributed by atoms with Crippen molar-refractivity contribution >= 4 is 27.4 Å². The molecule has 0 bridgehead atoms. The van der Waals surface area contributed by atoms with Crippen LogP contribution in [0.3, 0.4) is 0 Å². The van der Waals surface area contributed by atoms with Gasteiger partial charge in [0.2, 0.25) is 0 Å². The molecule has 1 aromatic rings. The lowest BCUT2D eigenvalue weighted by Gasteiger charge is -2.18. The molecule has 2 N–H and O–H groups in total. The van der Waals surface area contributed by atoms with Crippen LogP contribution in [0.5, 0.6) is 0 Å². The Balaban J connectivity index is 2.84. The fourth-order valence-electron chi connectivity index (χ4n) is 1.06. The summed E-state index contributed by atoms with van der Waals surface area (Å²) in [5.74, 6) is 0.369. The first-order valence-electron chi connectivity index (χ1n) is 3.91. The number of pyridine rings is 1. The third kappa shape index (κ3) is 2.80. The zero-order valence-electron chi connectivity index (χ0n) is 7.54. The number of alkyl halides is 2. The van der Waals surface area contributed by atoms with E-state index < -0.39 is 6.43 Å². The zero-order valence-corrected chi connectivity index (χ0v) is 9.13. The first-order valence-corrected chi connectivity index (χ1v) is 4.70. The van der Waals surface area contributed by atoms with Gasteiger partial charge in [0.1, 0.15) is 0 Å². The molecule has 0 aliphatic heterocycles. The Morgan fingerprint density at radius 3 is 2.79 bits per heavy atom. The minimum atomic E-state index is -2.40. The Bertz CT molecular complexity index is 319. The van der Waals surface area contributed by atoms with Crippen LogP contribution in [0.4, 0.5) is 20.3 Å². The molecule has 0 saturated heterocycles. The number of rotatable bonds is 3. The van der Waals surface area contributed by atoms with Crippen molar-refractivity contribution in [2.75, 3.05) is 24.2 Å². The summed E-state index contributed by atoms with van der Waals surface area (Å²) in [5, 5.41) is 0. The molecule has 0 fully saturated rings. The average Bonchev–Trinajstić information content (AvgIpc) is 2.01. The number of halogens is 3. The summed E-state index contributed by atoms with van der Waals surface area (Å²) in [6.07, 6.45) is -0.877. The number of nitrogen functional groups attached to an aromatic ring is 1. The molecule has 0 spiro atoms. The highest BCUT2D eigenvalue weighted by Gasteiger charge is 2.12. The van der Waals surface area contributed by atoms with Gasteiger partial charge in [0, 0.05) is 17.7 Å². The van der Waals surface area contributed by atoms with Crippen LogP contribution < -0.4 is 10.6 Å². The molecule has 0 atom stereocenters. The van der Waals surface area contributed by atoms with Crippen LogP contribution >= 0.6 is 15.9 Å². The van der Waals surface area contributed by atoms with Gasteiger partial charge in [-0.3, -0.25) is 0 Å². The maximum absolute atomic E-state index is 12.1. The molecule has 1 rings (SSSR count). The molecule has 0 aliphatic carbocycles. The van der Waals surface area contributed by atoms with Crippen molar-refractivity contribution in [3.8, 4) is 0 Å². The lowest BCUT2D eigenvalue weighted by molar-refractivity contribution is 0.156. The standard InChI is InChI=1S/C8H10BrF2N3/c1-14(4-7(10)11)8-6(12)2-5(9)3-13-8/h2-3,7H,4,12H2,1H3. The summed E-state index contributed by atoms with van der Waals surface area (Å²) in [4.78, 5) is 5.28. The fourth-order valence-corrected chi connectivity index (χ4v) is 1.41. The summed E-state index contributed by atoms with van der Waals surface area (Å²) >= 11 is 3.19. The van der Waals surface area contributed by atoms with Crippen molar-refractivity contribution in [2.45, 2.75) is 6.43 Å². The molecular weight excluding hydrogens is 256 g/mol. The second-order valence-electron chi connectivity index (χ2n) is 2.84. The van der Waals surface area contributed by atoms with Crippen LogP contribution in [0.1, 0.15) is 0 Å². The third-order valence-corrected chi connectivity index (χ3v) is 2.07. The third-order valence-electron chi connectivity index (χ3n) is 1.64. The number of nitrogens with two attached hydrogens (primary N) is 1. The molecule has 0 amide bonds. The van der Waals surface area contributed by atoms with Gasteiger partial charge in [0.15, 0.2) is 5.82 Å². The summed E-state index contributed by atoms with van der Waals surface area (Å²) in [6, 6.07) is 1.63. The van der Waals surface area contributed by atoms with E-state index in [0.717, 1.165) is 4.47 Å². The zero-order chi connectivity index (χ0) is 10.7. The van der Waals surface area contributed by atoms with E-state index in [1.165, 1.54) is 18.1 Å². The van der Waals surface area contributed by atoms with Crippen LogP contribution in [-0.4, -0.2) is 25.0 Å². The maximum Gasteiger partial charge on any atom is 0.255 e. The van der Waals surface area contributed by atoms with Crippen LogP contribution in [0, 0.1) is 0 Å². The monoisotopic (exact) mass is 265 g/mol. The van der Waals surface area contributed by atoms with Crippen LogP contribution in [0.15, 0.2) is 16.7 Å². The Morgan fingerprint density at radius 1 is 1.64 bits per heavy atom. The molecule has 14 heavy (non-hydrogen) atoms. The number of hydrogen-bond donors (Lipinski definition) is 1. The van der Waals surface area contributed by atoms with Gasteiger partial charge >= 0.3 is 0 Å². The Labute approximate surface area is 89.0 Å². The molecular formula is C8H10BrF2N3. The number of aromatic nitrogens is 1. The Morgan fingerprint density at radius 2 is 2.29 bits per heavy atom. The lowest BCUT2D eigenvalue weighted by atomic mass is 10.3. The molecule has 0 unspecified atom stereocenters. The largest absolute Gasteiger partial charge is 0.396 e. The first-order chi connectivity index (χ1) is 6.50. The molecule has 0 aromatic carbocycles. The topological polar surface area (TPSA) is 42.2 Å². The number of hydrogen-bond acceptors (Lipinski definition) is 3. The van der Waals surface area contributed by atoms with Crippen LogP contribution in [0.25, 0.3) is 0 Å². The Hall–Kier alpha value is -0.910. The highest BCUT2D eigenvalue weighted by atomic mass is 79.9. The van der Waals surface area contributed by atoms with Gasteiger partial charge in [0.25, 0.3) is 6.43 Å². The number of anilines is 2. The van der Waals surface area contributed by atoms with Gasteiger partial charge in [-0.05, 0) is 22.0 Å². The van der Waals surface area contributed by atoms with Crippen molar-refractivity contribution < 1.29 is 8.78 Å². The average molecular weight is 266 g/mol. The second-order valence-corrected chi connectivity index (χ2v) is 3.75. The summed E-state index contributed by atoms with van der Waals surface area (Å²) in [7, 11) is 1.53. The van der Waals surface area contributed by atoms with Gasteiger partial charge in [-0.1, -0.05) is 0 Å². The fraction of sp³-hybridized carbons (Fsp3) is 0.375. The molecule has 0 saturated carbocycles. The Kier molecular flexibility index (Phi) is 3.62. The number of nitrogens with zero attached hydrogens (tertiary/aromatic N) is 2. The SMILES string of the molecule is CN(CC(F)F)c1ncc(Br)cc1N. The van der Waals surface area contributed by atoms with Gasteiger partial charge in [-0.15, -0.1) is 0 Å². The highest BCUT2D eigenvalue weighted by molar-refractivity contribution is 9.10. The summed E-state index contributed by atoms with van der Waals surface area (Å²) < 4.78 is 24.9. The second kappa shape index (κ2) is 4.54. The van der Waals surface area contributed by atoms with Gasteiger partial charge < -0.3 is 10.6 Å². The minimum Gasteiger partial charge on any atom is -0.396 e. The van der Waals surface area contributed by atoms with E-state index >= 15 is 0 Å². The first kappa shape index (κ1) is 11.2. The van der Waals surface area contributed by atoms with E-state index in [9.17, 15) is 8.78 Å². The highest BCUT2D eigenvalue weighted by Crippen LogP contribution is 2.22. The molecule has 1 heterocycles. The molecule has 0 radical (unpaired) electrons. The van der Waals surface area contributed by atoms with Crippen LogP contribution in [0.2, 0.25) is 0 Å². The van der Waals surface area contributed by atoms with E-state index in [1.54, 1.807) is 6.07 Å².